The standard InChI is InChI=1S/C15H22O4/c1-4-6-12(17)9-10-15(5-2)13(18)7-8-14(15)19-11(3)16/h4,6,14H,5,7-10H2,1-3H3/b6-4+. The molecule has 1 fully saturated rings. The van der Waals surface area contributed by atoms with E-state index in [9.17, 15) is 14.4 Å². The van der Waals surface area contributed by atoms with Crippen molar-refractivity contribution in [1.29, 1.82) is 0 Å². The molecule has 106 valence electrons. The quantitative estimate of drug-likeness (QED) is 0.547. The molecular weight excluding hydrogens is 244 g/mol. The molecule has 0 aromatic heterocycles. The maximum absolute atomic E-state index is 12.2. The molecule has 2 unspecified atom stereocenters. The first-order valence-electron chi connectivity index (χ1n) is 6.82. The maximum Gasteiger partial charge on any atom is 0.302 e. The molecule has 4 heteroatoms. The lowest BCUT2D eigenvalue weighted by Crippen LogP contribution is -2.38. The zero-order chi connectivity index (χ0) is 14.5. The minimum atomic E-state index is -0.664. The minimum absolute atomic E-state index is 0.0107. The third-order valence-corrected chi connectivity index (χ3v) is 3.91. The highest BCUT2D eigenvalue weighted by molar-refractivity contribution is 5.92. The highest BCUT2D eigenvalue weighted by Gasteiger charge is 2.50. The van der Waals surface area contributed by atoms with Crippen LogP contribution in [0.1, 0.15) is 52.9 Å². The molecule has 0 heterocycles. The van der Waals surface area contributed by atoms with Crippen molar-refractivity contribution in [3.8, 4) is 0 Å². The number of Topliss-reactive ketones (excluding diaryl/α,β-unsaturated/α-hetero) is 1. The van der Waals surface area contributed by atoms with Gasteiger partial charge in [0.25, 0.3) is 0 Å². The number of ether oxygens (including phenoxy) is 1. The van der Waals surface area contributed by atoms with Gasteiger partial charge in [0.15, 0.2) is 5.78 Å². The molecule has 0 amide bonds. The number of allylic oxidation sites excluding steroid dienone is 2. The third kappa shape index (κ3) is 3.52. The minimum Gasteiger partial charge on any atom is -0.461 e. The number of hydrogen-bond acceptors (Lipinski definition) is 4. The van der Waals surface area contributed by atoms with Gasteiger partial charge in [-0.2, -0.15) is 0 Å². The molecular formula is C15H22O4. The predicted octanol–water partition coefficient (Wildman–Crippen LogP) is 2.60. The Kier molecular flexibility index (Phi) is 5.45. The molecule has 1 aliphatic carbocycles. The van der Waals surface area contributed by atoms with Gasteiger partial charge in [0.05, 0.1) is 5.41 Å². The number of carbonyl (C=O) groups is 3. The lowest BCUT2D eigenvalue weighted by molar-refractivity contribution is -0.154. The molecule has 0 saturated heterocycles. The van der Waals surface area contributed by atoms with Crippen LogP contribution in [-0.2, 0) is 19.1 Å². The summed E-state index contributed by atoms with van der Waals surface area (Å²) in [6, 6.07) is 0. The number of rotatable bonds is 6. The van der Waals surface area contributed by atoms with Crippen LogP contribution in [0.2, 0.25) is 0 Å². The second-order valence-electron chi connectivity index (χ2n) is 5.04. The van der Waals surface area contributed by atoms with Crippen molar-refractivity contribution < 1.29 is 19.1 Å². The van der Waals surface area contributed by atoms with Crippen LogP contribution in [-0.4, -0.2) is 23.6 Å². The fraction of sp³-hybridized carbons (Fsp3) is 0.667. The predicted molar refractivity (Wildman–Crippen MR) is 71.6 cm³/mol. The van der Waals surface area contributed by atoms with Crippen LogP contribution in [0.5, 0.6) is 0 Å². The normalized spacial score (nSPS) is 26.9. The Morgan fingerprint density at radius 1 is 1.47 bits per heavy atom. The Bertz CT molecular complexity index is 397. The van der Waals surface area contributed by atoms with E-state index in [1.54, 1.807) is 13.0 Å². The Labute approximate surface area is 114 Å². The van der Waals surface area contributed by atoms with E-state index >= 15 is 0 Å². The van der Waals surface area contributed by atoms with Gasteiger partial charge in [-0.05, 0) is 32.3 Å². The van der Waals surface area contributed by atoms with Crippen molar-refractivity contribution >= 4 is 17.5 Å². The highest BCUT2D eigenvalue weighted by Crippen LogP contribution is 2.44. The smallest absolute Gasteiger partial charge is 0.302 e. The van der Waals surface area contributed by atoms with Gasteiger partial charge in [0.2, 0.25) is 0 Å². The summed E-state index contributed by atoms with van der Waals surface area (Å²) < 4.78 is 5.29. The van der Waals surface area contributed by atoms with Gasteiger partial charge >= 0.3 is 5.97 Å². The van der Waals surface area contributed by atoms with Gasteiger partial charge in [-0.3, -0.25) is 14.4 Å². The number of carbonyl (C=O) groups excluding carboxylic acids is 3. The first kappa shape index (κ1) is 15.6. The van der Waals surface area contributed by atoms with Crippen molar-refractivity contribution in [3.63, 3.8) is 0 Å². The fourth-order valence-corrected chi connectivity index (χ4v) is 2.86. The molecule has 19 heavy (non-hydrogen) atoms. The van der Waals surface area contributed by atoms with E-state index in [-0.39, 0.29) is 23.6 Å². The van der Waals surface area contributed by atoms with Crippen molar-refractivity contribution in [2.75, 3.05) is 0 Å². The lowest BCUT2D eigenvalue weighted by Gasteiger charge is -2.32. The summed E-state index contributed by atoms with van der Waals surface area (Å²) in [5.74, 6) is -0.233. The molecule has 1 aliphatic rings. The first-order valence-corrected chi connectivity index (χ1v) is 6.82. The Balaban J connectivity index is 2.82. The van der Waals surface area contributed by atoms with E-state index in [0.717, 1.165) is 0 Å². The fourth-order valence-electron chi connectivity index (χ4n) is 2.86. The average molecular weight is 266 g/mol. The zero-order valence-electron chi connectivity index (χ0n) is 11.9. The van der Waals surface area contributed by atoms with Gasteiger partial charge in [0.1, 0.15) is 11.9 Å². The molecule has 4 nitrogen and oxygen atoms in total. The van der Waals surface area contributed by atoms with Gasteiger partial charge in [-0.25, -0.2) is 0 Å². The van der Waals surface area contributed by atoms with Gasteiger partial charge in [0, 0.05) is 19.8 Å². The number of hydrogen-bond donors (Lipinski definition) is 0. The molecule has 0 N–H and O–H groups in total. The van der Waals surface area contributed by atoms with Crippen molar-refractivity contribution in [1.82, 2.24) is 0 Å². The van der Waals surface area contributed by atoms with E-state index in [0.29, 0.717) is 32.1 Å². The monoisotopic (exact) mass is 266 g/mol. The van der Waals surface area contributed by atoms with Crippen LogP contribution < -0.4 is 0 Å². The van der Waals surface area contributed by atoms with Crippen LogP contribution in [0.4, 0.5) is 0 Å². The Hall–Kier alpha value is -1.45. The summed E-state index contributed by atoms with van der Waals surface area (Å²) >= 11 is 0. The van der Waals surface area contributed by atoms with Gasteiger partial charge in [-0.1, -0.05) is 13.0 Å². The van der Waals surface area contributed by atoms with Crippen LogP contribution in [0.15, 0.2) is 12.2 Å². The molecule has 1 rings (SSSR count). The second-order valence-corrected chi connectivity index (χ2v) is 5.04. The first-order chi connectivity index (χ1) is 8.96. The van der Waals surface area contributed by atoms with Gasteiger partial charge in [-0.15, -0.1) is 0 Å². The van der Waals surface area contributed by atoms with Gasteiger partial charge < -0.3 is 4.74 Å². The SMILES string of the molecule is C/C=C/C(=O)CCC1(CC)C(=O)CCC1OC(C)=O. The van der Waals surface area contributed by atoms with E-state index in [4.69, 9.17) is 4.74 Å². The highest BCUT2D eigenvalue weighted by atomic mass is 16.5. The molecule has 0 bridgehead atoms. The summed E-state index contributed by atoms with van der Waals surface area (Å²) in [5, 5.41) is 0. The summed E-state index contributed by atoms with van der Waals surface area (Å²) in [6.45, 7) is 5.06. The topological polar surface area (TPSA) is 60.4 Å². The van der Waals surface area contributed by atoms with E-state index in [2.05, 4.69) is 0 Å². The summed E-state index contributed by atoms with van der Waals surface area (Å²) in [5.41, 5.74) is -0.664. The van der Waals surface area contributed by atoms with E-state index < -0.39 is 5.41 Å². The van der Waals surface area contributed by atoms with E-state index in [1.165, 1.54) is 13.0 Å². The number of esters is 1. The van der Waals surface area contributed by atoms with Crippen LogP contribution >= 0.6 is 0 Å². The van der Waals surface area contributed by atoms with Crippen LogP contribution in [0.25, 0.3) is 0 Å². The van der Waals surface area contributed by atoms with E-state index in [1.807, 2.05) is 6.92 Å². The van der Waals surface area contributed by atoms with Crippen molar-refractivity contribution in [2.45, 2.75) is 59.0 Å². The summed E-state index contributed by atoms with van der Waals surface area (Å²) in [6.07, 6.45) is 5.23. The lowest BCUT2D eigenvalue weighted by atomic mass is 9.76. The zero-order valence-corrected chi connectivity index (χ0v) is 11.9. The molecule has 0 aromatic rings. The number of ketones is 2. The molecule has 1 saturated carbocycles. The largest absolute Gasteiger partial charge is 0.461 e. The summed E-state index contributed by atoms with van der Waals surface area (Å²) in [7, 11) is 0. The maximum atomic E-state index is 12.2. The van der Waals surface area contributed by atoms with Crippen LogP contribution in [0.3, 0.4) is 0 Å². The second kappa shape index (κ2) is 6.64. The van der Waals surface area contributed by atoms with Crippen molar-refractivity contribution in [2.24, 2.45) is 5.41 Å². The molecule has 0 radical (unpaired) electrons. The van der Waals surface area contributed by atoms with Crippen LogP contribution in [0, 0.1) is 5.41 Å². The van der Waals surface area contributed by atoms with Crippen molar-refractivity contribution in [3.05, 3.63) is 12.2 Å². The Morgan fingerprint density at radius 2 is 2.16 bits per heavy atom. The third-order valence-electron chi connectivity index (χ3n) is 3.91. The average Bonchev–Trinajstić information content (AvgIpc) is 2.64. The molecule has 0 aliphatic heterocycles. The molecule has 2 atom stereocenters. The Morgan fingerprint density at radius 3 is 2.68 bits per heavy atom. The summed E-state index contributed by atoms with van der Waals surface area (Å²) in [4.78, 5) is 34.9. The molecule has 0 spiro atoms. The molecule has 0 aromatic carbocycles.